The lowest BCUT2D eigenvalue weighted by molar-refractivity contribution is -0.137. The van der Waals surface area contributed by atoms with E-state index in [9.17, 15) is 21.9 Å². The van der Waals surface area contributed by atoms with Crippen LogP contribution in [-0.2, 0) is 19.8 Å². The van der Waals surface area contributed by atoms with E-state index in [1.165, 1.54) is 4.90 Å². The first kappa shape index (κ1) is 13.3. The molecule has 2 unspecified atom stereocenters. The molecule has 2 fully saturated rings. The van der Waals surface area contributed by atoms with Crippen LogP contribution in [0.1, 0.15) is 25.7 Å². The van der Waals surface area contributed by atoms with E-state index in [1.54, 1.807) is 0 Å². The second-order valence-electron chi connectivity index (χ2n) is 4.65. The van der Waals surface area contributed by atoms with Crippen molar-refractivity contribution in [2.45, 2.75) is 37.0 Å². The number of hydrogen-bond acceptors (Lipinski definition) is 4. The van der Waals surface area contributed by atoms with Crippen LogP contribution in [0, 0.1) is 0 Å². The molecule has 2 amide bonds. The molecule has 2 rings (SSSR count). The number of nitrogens with zero attached hydrogens (tertiary/aromatic N) is 1. The molecule has 0 aromatic heterocycles. The van der Waals surface area contributed by atoms with Crippen LogP contribution in [0.5, 0.6) is 0 Å². The Morgan fingerprint density at radius 3 is 2.61 bits per heavy atom. The maximum atomic E-state index is 12.9. The summed E-state index contributed by atoms with van der Waals surface area (Å²) in [5, 5.41) is 1.34. The molecular formula is C10H15FN2O4S. The molecule has 2 saturated heterocycles. The van der Waals surface area contributed by atoms with Gasteiger partial charge in [0.25, 0.3) is 0 Å². The van der Waals surface area contributed by atoms with Crippen molar-refractivity contribution < 1.29 is 21.9 Å². The largest absolute Gasteiger partial charge is 0.354 e. The molecule has 1 N–H and O–H groups in total. The standard InChI is InChI=1S/C10H15FN2O4S/c11-18(16,17)7-5-9(14)13(6-7)8-3-1-2-4-12-10(8)15/h7-8H,1-6H2,(H,12,15). The number of carbonyl (C=O) groups is 2. The average molecular weight is 278 g/mol. The van der Waals surface area contributed by atoms with Crippen molar-refractivity contribution in [3.63, 3.8) is 0 Å². The fourth-order valence-electron chi connectivity index (χ4n) is 2.41. The van der Waals surface area contributed by atoms with Crippen molar-refractivity contribution in [1.82, 2.24) is 10.2 Å². The van der Waals surface area contributed by atoms with Gasteiger partial charge in [-0.15, -0.1) is 3.89 Å². The van der Waals surface area contributed by atoms with Crippen LogP contribution in [0.4, 0.5) is 3.89 Å². The minimum absolute atomic E-state index is 0.226. The van der Waals surface area contributed by atoms with Crippen molar-refractivity contribution >= 4 is 22.0 Å². The highest BCUT2D eigenvalue weighted by molar-refractivity contribution is 7.87. The van der Waals surface area contributed by atoms with Crippen LogP contribution in [0.25, 0.3) is 0 Å². The van der Waals surface area contributed by atoms with E-state index in [2.05, 4.69) is 5.32 Å². The second-order valence-corrected chi connectivity index (χ2v) is 6.27. The zero-order valence-corrected chi connectivity index (χ0v) is 10.6. The van der Waals surface area contributed by atoms with Crippen LogP contribution in [0.2, 0.25) is 0 Å². The number of nitrogens with one attached hydrogen (secondary N) is 1. The third-order valence-electron chi connectivity index (χ3n) is 3.40. The van der Waals surface area contributed by atoms with Crippen molar-refractivity contribution in [1.29, 1.82) is 0 Å². The van der Waals surface area contributed by atoms with Gasteiger partial charge in [-0.3, -0.25) is 9.59 Å². The van der Waals surface area contributed by atoms with E-state index in [0.717, 1.165) is 12.8 Å². The van der Waals surface area contributed by atoms with Gasteiger partial charge in [0.15, 0.2) is 0 Å². The smallest absolute Gasteiger partial charge is 0.307 e. The lowest BCUT2D eigenvalue weighted by Gasteiger charge is -2.25. The molecule has 0 aliphatic carbocycles. The Hall–Kier alpha value is -1.18. The molecule has 102 valence electrons. The Balaban J connectivity index is 2.13. The fourth-order valence-corrected chi connectivity index (χ4v) is 3.09. The highest BCUT2D eigenvalue weighted by atomic mass is 32.3. The zero-order valence-electron chi connectivity index (χ0n) is 9.76. The highest BCUT2D eigenvalue weighted by Crippen LogP contribution is 2.24. The third kappa shape index (κ3) is 2.63. The Kier molecular flexibility index (Phi) is 3.56. The van der Waals surface area contributed by atoms with Gasteiger partial charge in [0, 0.05) is 19.5 Å². The van der Waals surface area contributed by atoms with Gasteiger partial charge in [-0.1, -0.05) is 0 Å². The van der Waals surface area contributed by atoms with Crippen LogP contribution < -0.4 is 5.32 Å². The molecule has 0 aromatic carbocycles. The van der Waals surface area contributed by atoms with Crippen molar-refractivity contribution in [3.8, 4) is 0 Å². The van der Waals surface area contributed by atoms with E-state index >= 15 is 0 Å². The van der Waals surface area contributed by atoms with Crippen LogP contribution >= 0.6 is 0 Å². The third-order valence-corrected chi connectivity index (χ3v) is 4.52. The maximum Gasteiger partial charge on any atom is 0.307 e. The molecule has 8 heteroatoms. The quantitative estimate of drug-likeness (QED) is 0.694. The first-order chi connectivity index (χ1) is 8.39. The van der Waals surface area contributed by atoms with E-state index in [-0.39, 0.29) is 18.9 Å². The Bertz CT molecular complexity index is 464. The molecule has 0 saturated carbocycles. The number of halogens is 1. The first-order valence-corrected chi connectivity index (χ1v) is 7.35. The molecule has 0 spiro atoms. The van der Waals surface area contributed by atoms with E-state index in [4.69, 9.17) is 0 Å². The molecule has 0 radical (unpaired) electrons. The number of rotatable bonds is 2. The lowest BCUT2D eigenvalue weighted by atomic mass is 10.1. The summed E-state index contributed by atoms with van der Waals surface area (Å²) >= 11 is 0. The summed E-state index contributed by atoms with van der Waals surface area (Å²) in [5.41, 5.74) is 0. The molecule has 0 bridgehead atoms. The minimum atomic E-state index is -4.73. The van der Waals surface area contributed by atoms with Gasteiger partial charge in [-0.25, -0.2) is 0 Å². The Labute approximate surface area is 105 Å². The molecule has 2 aliphatic heterocycles. The predicted molar refractivity (Wildman–Crippen MR) is 60.8 cm³/mol. The Morgan fingerprint density at radius 2 is 2.00 bits per heavy atom. The average Bonchev–Trinajstić information content (AvgIpc) is 2.52. The van der Waals surface area contributed by atoms with Gasteiger partial charge >= 0.3 is 10.2 Å². The molecule has 2 aliphatic rings. The second kappa shape index (κ2) is 4.83. The molecule has 2 atom stereocenters. The molecule has 0 aromatic rings. The fraction of sp³-hybridized carbons (Fsp3) is 0.800. The SMILES string of the molecule is O=C1NCCCCC1N1CC(S(=O)(=O)F)CC1=O. The van der Waals surface area contributed by atoms with Gasteiger partial charge in [0.05, 0.1) is 0 Å². The topological polar surface area (TPSA) is 83.6 Å². The molecular weight excluding hydrogens is 263 g/mol. The Morgan fingerprint density at radius 1 is 1.28 bits per heavy atom. The van der Waals surface area contributed by atoms with Crippen molar-refractivity contribution in [2.75, 3.05) is 13.1 Å². The summed E-state index contributed by atoms with van der Waals surface area (Å²) in [6.45, 7) is 0.331. The molecule has 18 heavy (non-hydrogen) atoms. The summed E-state index contributed by atoms with van der Waals surface area (Å²) < 4.78 is 34.5. The van der Waals surface area contributed by atoms with Crippen molar-refractivity contribution in [3.05, 3.63) is 0 Å². The monoisotopic (exact) mass is 278 g/mol. The van der Waals surface area contributed by atoms with Gasteiger partial charge in [0.2, 0.25) is 11.8 Å². The zero-order chi connectivity index (χ0) is 13.3. The predicted octanol–water partition coefficient (Wildman–Crippen LogP) is -0.445. The maximum absolute atomic E-state index is 12.9. The van der Waals surface area contributed by atoms with Gasteiger partial charge in [-0.2, -0.15) is 8.42 Å². The highest BCUT2D eigenvalue weighted by Gasteiger charge is 2.43. The summed E-state index contributed by atoms with van der Waals surface area (Å²) in [7, 11) is -4.73. The van der Waals surface area contributed by atoms with E-state index in [1.807, 2.05) is 0 Å². The minimum Gasteiger partial charge on any atom is -0.354 e. The molecule has 6 nitrogen and oxygen atoms in total. The lowest BCUT2D eigenvalue weighted by Crippen LogP contribution is -2.47. The van der Waals surface area contributed by atoms with Crippen LogP contribution in [0.15, 0.2) is 0 Å². The van der Waals surface area contributed by atoms with Gasteiger partial charge in [0.1, 0.15) is 11.3 Å². The number of amides is 2. The van der Waals surface area contributed by atoms with Crippen LogP contribution in [-0.4, -0.2) is 49.5 Å². The van der Waals surface area contributed by atoms with Crippen molar-refractivity contribution in [2.24, 2.45) is 0 Å². The van der Waals surface area contributed by atoms with Gasteiger partial charge in [-0.05, 0) is 19.3 Å². The summed E-state index contributed by atoms with van der Waals surface area (Å²) in [4.78, 5) is 24.7. The first-order valence-electron chi connectivity index (χ1n) is 5.90. The van der Waals surface area contributed by atoms with Crippen LogP contribution in [0.3, 0.4) is 0 Å². The number of likely N-dealkylation sites (tertiary alicyclic amines) is 1. The normalized spacial score (nSPS) is 30.2. The summed E-state index contributed by atoms with van der Waals surface area (Å²) in [6.07, 6.45) is 1.73. The summed E-state index contributed by atoms with van der Waals surface area (Å²) in [5.74, 6) is -0.749. The van der Waals surface area contributed by atoms with E-state index < -0.39 is 27.4 Å². The number of hydrogen-bond donors (Lipinski definition) is 1. The van der Waals surface area contributed by atoms with Gasteiger partial charge < -0.3 is 10.2 Å². The summed E-state index contributed by atoms with van der Waals surface area (Å²) in [6, 6.07) is -0.660. The molecule has 2 heterocycles. The van der Waals surface area contributed by atoms with E-state index in [0.29, 0.717) is 13.0 Å². The number of carbonyl (C=O) groups excluding carboxylic acids is 2.